The minimum atomic E-state index is 0.840. The molecule has 0 bridgehead atoms. The molecule has 0 heterocycles. The van der Waals surface area contributed by atoms with Crippen molar-refractivity contribution in [2.45, 2.75) is 77.6 Å². The number of unbranched alkanes of at least 4 members (excludes halogenated alkanes) is 3. The highest BCUT2D eigenvalue weighted by molar-refractivity contribution is 5.24. The van der Waals surface area contributed by atoms with Crippen LogP contribution in [0.1, 0.15) is 81.8 Å². The molecule has 1 saturated carbocycles. The van der Waals surface area contributed by atoms with E-state index in [9.17, 15) is 0 Å². The van der Waals surface area contributed by atoms with Crippen LogP contribution in [0, 0.1) is 12.8 Å². The fraction of sp³-hybridized carbons (Fsp3) is 0.684. The zero-order chi connectivity index (χ0) is 13.5. The highest BCUT2D eigenvalue weighted by Crippen LogP contribution is 2.37. The van der Waals surface area contributed by atoms with Crippen molar-refractivity contribution in [1.82, 2.24) is 0 Å². The van der Waals surface area contributed by atoms with Gasteiger partial charge in [-0.15, -0.1) is 0 Å². The lowest BCUT2D eigenvalue weighted by Crippen LogP contribution is -2.13. The van der Waals surface area contributed by atoms with Gasteiger partial charge in [0.1, 0.15) is 0 Å². The first-order chi connectivity index (χ1) is 9.29. The molecule has 1 aliphatic carbocycles. The summed E-state index contributed by atoms with van der Waals surface area (Å²) in [6.45, 7) is 4.48. The Morgan fingerprint density at radius 2 is 1.58 bits per heavy atom. The average Bonchev–Trinajstić information content (AvgIpc) is 2.45. The highest BCUT2D eigenvalue weighted by Gasteiger charge is 2.21. The van der Waals surface area contributed by atoms with Gasteiger partial charge in [0.2, 0.25) is 0 Å². The molecule has 1 aromatic rings. The Bertz CT molecular complexity index is 341. The Morgan fingerprint density at radius 1 is 0.895 bits per heavy atom. The first-order valence-corrected chi connectivity index (χ1v) is 8.36. The number of benzene rings is 1. The molecule has 1 aromatic carbocycles. The normalized spacial score (nSPS) is 23.5. The van der Waals surface area contributed by atoms with Crippen molar-refractivity contribution in [3.8, 4) is 0 Å². The molecule has 19 heavy (non-hydrogen) atoms. The van der Waals surface area contributed by atoms with Gasteiger partial charge in [-0.3, -0.25) is 0 Å². The summed E-state index contributed by atoms with van der Waals surface area (Å²) in [5.74, 6) is 1.87. The molecule has 0 aromatic heterocycles. The standard InChI is InChI=1S/C19H30/c1-3-4-5-6-7-17-10-14-19(15-11-17)18-12-8-16(2)9-13-18/h8-9,12-13,17,19H,3-7,10-11,14-15H2,1-2H3. The Hall–Kier alpha value is -0.780. The molecular weight excluding hydrogens is 228 g/mol. The Morgan fingerprint density at radius 3 is 2.21 bits per heavy atom. The second kappa shape index (κ2) is 7.72. The van der Waals surface area contributed by atoms with Crippen LogP contribution < -0.4 is 0 Å². The van der Waals surface area contributed by atoms with E-state index in [4.69, 9.17) is 0 Å². The number of aryl methyl sites for hydroxylation is 1. The Kier molecular flexibility index (Phi) is 5.94. The van der Waals surface area contributed by atoms with E-state index in [1.807, 2.05) is 0 Å². The van der Waals surface area contributed by atoms with Gasteiger partial charge in [-0.25, -0.2) is 0 Å². The van der Waals surface area contributed by atoms with Crippen LogP contribution in [0.5, 0.6) is 0 Å². The largest absolute Gasteiger partial charge is 0.0654 e. The summed E-state index contributed by atoms with van der Waals surface area (Å²) in [6.07, 6.45) is 13.0. The average molecular weight is 258 g/mol. The Balaban J connectivity index is 1.71. The molecule has 0 amide bonds. The smallest absolute Gasteiger partial charge is 0.0162 e. The van der Waals surface area contributed by atoms with E-state index >= 15 is 0 Å². The van der Waals surface area contributed by atoms with Crippen LogP contribution >= 0.6 is 0 Å². The molecule has 0 aliphatic heterocycles. The first-order valence-electron chi connectivity index (χ1n) is 8.36. The molecule has 0 unspecified atom stereocenters. The fourth-order valence-electron chi connectivity index (χ4n) is 3.48. The molecule has 0 atom stereocenters. The van der Waals surface area contributed by atoms with Crippen molar-refractivity contribution in [2.75, 3.05) is 0 Å². The lowest BCUT2D eigenvalue weighted by atomic mass is 9.77. The van der Waals surface area contributed by atoms with Gasteiger partial charge in [-0.2, -0.15) is 0 Å². The first kappa shape index (κ1) is 14.6. The minimum absolute atomic E-state index is 0.840. The second-order valence-electron chi connectivity index (χ2n) is 6.48. The van der Waals surface area contributed by atoms with Crippen LogP contribution in [-0.4, -0.2) is 0 Å². The minimum Gasteiger partial charge on any atom is -0.0654 e. The molecule has 0 saturated heterocycles. The van der Waals surface area contributed by atoms with E-state index in [0.717, 1.165) is 11.8 Å². The van der Waals surface area contributed by atoms with Crippen molar-refractivity contribution in [3.05, 3.63) is 35.4 Å². The Labute approximate surface area is 119 Å². The van der Waals surface area contributed by atoms with E-state index in [2.05, 4.69) is 38.1 Å². The predicted molar refractivity (Wildman–Crippen MR) is 84.6 cm³/mol. The second-order valence-corrected chi connectivity index (χ2v) is 6.48. The molecule has 1 aliphatic rings. The third-order valence-electron chi connectivity index (χ3n) is 4.86. The van der Waals surface area contributed by atoms with E-state index in [1.54, 1.807) is 5.56 Å². The summed E-state index contributed by atoms with van der Waals surface area (Å²) < 4.78 is 0. The number of hydrogen-bond donors (Lipinski definition) is 0. The third kappa shape index (κ3) is 4.67. The summed E-state index contributed by atoms with van der Waals surface area (Å²) in [4.78, 5) is 0. The summed E-state index contributed by atoms with van der Waals surface area (Å²) in [6, 6.07) is 9.24. The van der Waals surface area contributed by atoms with Gasteiger partial charge < -0.3 is 0 Å². The van der Waals surface area contributed by atoms with Crippen molar-refractivity contribution in [3.63, 3.8) is 0 Å². The number of rotatable bonds is 6. The molecular formula is C19H30. The van der Waals surface area contributed by atoms with Crippen LogP contribution in [0.4, 0.5) is 0 Å². The molecule has 106 valence electrons. The van der Waals surface area contributed by atoms with Crippen LogP contribution in [0.3, 0.4) is 0 Å². The maximum absolute atomic E-state index is 2.35. The van der Waals surface area contributed by atoms with Gasteiger partial charge in [0.15, 0.2) is 0 Å². The van der Waals surface area contributed by atoms with Gasteiger partial charge in [0, 0.05) is 0 Å². The maximum Gasteiger partial charge on any atom is -0.0162 e. The molecule has 0 nitrogen and oxygen atoms in total. The van der Waals surface area contributed by atoms with E-state index in [0.29, 0.717) is 0 Å². The third-order valence-corrected chi connectivity index (χ3v) is 4.86. The van der Waals surface area contributed by atoms with Crippen LogP contribution in [-0.2, 0) is 0 Å². The molecule has 0 heteroatoms. The van der Waals surface area contributed by atoms with Crippen LogP contribution in [0.15, 0.2) is 24.3 Å². The molecule has 1 fully saturated rings. The SMILES string of the molecule is CCCCCCC1CCC(c2ccc(C)cc2)CC1. The summed E-state index contributed by atoms with van der Waals surface area (Å²) in [7, 11) is 0. The molecule has 0 spiro atoms. The lowest BCUT2D eigenvalue weighted by Gasteiger charge is -2.29. The zero-order valence-electron chi connectivity index (χ0n) is 12.8. The van der Waals surface area contributed by atoms with Gasteiger partial charge >= 0.3 is 0 Å². The number of hydrogen-bond acceptors (Lipinski definition) is 0. The maximum atomic E-state index is 2.35. The van der Waals surface area contributed by atoms with Crippen molar-refractivity contribution in [2.24, 2.45) is 5.92 Å². The van der Waals surface area contributed by atoms with Gasteiger partial charge in [-0.1, -0.05) is 68.9 Å². The molecule has 0 N–H and O–H groups in total. The topological polar surface area (TPSA) is 0 Å². The quantitative estimate of drug-likeness (QED) is 0.530. The van der Waals surface area contributed by atoms with Crippen molar-refractivity contribution >= 4 is 0 Å². The highest BCUT2D eigenvalue weighted by atomic mass is 14.3. The summed E-state index contributed by atoms with van der Waals surface area (Å²) in [5, 5.41) is 0. The van der Waals surface area contributed by atoms with E-state index in [1.165, 1.54) is 63.4 Å². The fourth-order valence-corrected chi connectivity index (χ4v) is 3.48. The monoisotopic (exact) mass is 258 g/mol. The molecule has 2 rings (SSSR count). The van der Waals surface area contributed by atoms with Crippen LogP contribution in [0.2, 0.25) is 0 Å². The van der Waals surface area contributed by atoms with Crippen molar-refractivity contribution < 1.29 is 0 Å². The van der Waals surface area contributed by atoms with Crippen molar-refractivity contribution in [1.29, 1.82) is 0 Å². The zero-order valence-corrected chi connectivity index (χ0v) is 12.8. The van der Waals surface area contributed by atoms with E-state index in [-0.39, 0.29) is 0 Å². The van der Waals surface area contributed by atoms with Gasteiger partial charge in [0.05, 0.1) is 0 Å². The molecule has 0 radical (unpaired) electrons. The van der Waals surface area contributed by atoms with Crippen LogP contribution in [0.25, 0.3) is 0 Å². The summed E-state index contributed by atoms with van der Waals surface area (Å²) >= 11 is 0. The van der Waals surface area contributed by atoms with E-state index < -0.39 is 0 Å². The predicted octanol–water partition coefficient (Wildman–Crippen LogP) is 6.24. The summed E-state index contributed by atoms with van der Waals surface area (Å²) in [5.41, 5.74) is 2.96. The lowest BCUT2D eigenvalue weighted by molar-refractivity contribution is 0.302. The van der Waals surface area contributed by atoms with Gasteiger partial charge in [-0.05, 0) is 50.0 Å². The van der Waals surface area contributed by atoms with Gasteiger partial charge in [0.25, 0.3) is 0 Å².